The molecule has 1 saturated heterocycles. The van der Waals surface area contributed by atoms with Gasteiger partial charge in [-0.2, -0.15) is 0 Å². The van der Waals surface area contributed by atoms with Gasteiger partial charge in [-0.15, -0.1) is 12.4 Å². The van der Waals surface area contributed by atoms with Crippen LogP contribution >= 0.6 is 12.4 Å². The maximum Gasteiger partial charge on any atom is 0.231 e. The van der Waals surface area contributed by atoms with E-state index in [0.717, 1.165) is 23.5 Å². The molecule has 29 heavy (non-hydrogen) atoms. The van der Waals surface area contributed by atoms with Crippen molar-refractivity contribution in [1.82, 2.24) is 5.32 Å². The number of ether oxygens (including phenoxy) is 1. The standard InChI is InChI=1S/C22H27N3O3.ClH/c1-2-25(20-6-4-3-5-7-20)22(27)14-17-8-10-18(11-9-17)24-21(26)15-19-16-28-13-12-23-19;/h3-11,19,23H,2,12-16H2,1H3,(H,24,26);1H. The molecular weight excluding hydrogens is 390 g/mol. The zero-order valence-corrected chi connectivity index (χ0v) is 17.4. The zero-order chi connectivity index (χ0) is 19.8. The van der Waals surface area contributed by atoms with Gasteiger partial charge in [-0.1, -0.05) is 30.3 Å². The van der Waals surface area contributed by atoms with Crippen LogP contribution in [0.4, 0.5) is 11.4 Å². The molecule has 2 aromatic rings. The summed E-state index contributed by atoms with van der Waals surface area (Å²) >= 11 is 0. The average Bonchev–Trinajstić information content (AvgIpc) is 2.71. The molecule has 0 aromatic heterocycles. The molecule has 1 heterocycles. The van der Waals surface area contributed by atoms with E-state index in [1.54, 1.807) is 4.90 Å². The van der Waals surface area contributed by atoms with Crippen molar-refractivity contribution in [3.8, 4) is 0 Å². The summed E-state index contributed by atoms with van der Waals surface area (Å²) in [5.74, 6) is 0.00178. The average molecular weight is 418 g/mol. The molecule has 0 aliphatic carbocycles. The molecule has 1 aliphatic rings. The van der Waals surface area contributed by atoms with Crippen LogP contribution in [-0.4, -0.2) is 44.2 Å². The van der Waals surface area contributed by atoms with E-state index in [2.05, 4.69) is 10.6 Å². The second-order valence-corrected chi connectivity index (χ2v) is 6.83. The normalized spacial score (nSPS) is 15.8. The Morgan fingerprint density at radius 2 is 1.86 bits per heavy atom. The van der Waals surface area contributed by atoms with Gasteiger partial charge in [0.1, 0.15) is 0 Å². The Morgan fingerprint density at radius 3 is 2.48 bits per heavy atom. The summed E-state index contributed by atoms with van der Waals surface area (Å²) in [7, 11) is 0. The van der Waals surface area contributed by atoms with Crippen LogP contribution in [0.5, 0.6) is 0 Å². The van der Waals surface area contributed by atoms with Crippen molar-refractivity contribution in [3.63, 3.8) is 0 Å². The van der Waals surface area contributed by atoms with Crippen LogP contribution in [0.15, 0.2) is 54.6 Å². The number of morpholine rings is 1. The first-order valence-electron chi connectivity index (χ1n) is 9.71. The number of carbonyl (C=O) groups excluding carboxylic acids is 2. The molecule has 1 unspecified atom stereocenters. The van der Waals surface area contributed by atoms with Crippen molar-refractivity contribution >= 4 is 35.6 Å². The SMILES string of the molecule is CCN(C(=O)Cc1ccc(NC(=O)CC2COCCN2)cc1)c1ccccc1.Cl. The smallest absolute Gasteiger partial charge is 0.231 e. The number of carbonyl (C=O) groups is 2. The summed E-state index contributed by atoms with van der Waals surface area (Å²) < 4.78 is 5.37. The van der Waals surface area contributed by atoms with Crippen LogP contribution in [0.2, 0.25) is 0 Å². The minimum absolute atomic E-state index is 0. The number of nitrogens with zero attached hydrogens (tertiary/aromatic N) is 1. The number of benzene rings is 2. The van der Waals surface area contributed by atoms with Gasteiger partial charge in [0.25, 0.3) is 0 Å². The van der Waals surface area contributed by atoms with Crippen LogP contribution in [0.25, 0.3) is 0 Å². The third-order valence-electron chi connectivity index (χ3n) is 4.71. The van der Waals surface area contributed by atoms with Gasteiger partial charge in [-0.25, -0.2) is 0 Å². The monoisotopic (exact) mass is 417 g/mol. The Hall–Kier alpha value is -2.41. The molecule has 0 spiro atoms. The second-order valence-electron chi connectivity index (χ2n) is 6.83. The molecule has 156 valence electrons. The highest BCUT2D eigenvalue weighted by molar-refractivity contribution is 5.95. The second kappa shape index (κ2) is 11.6. The molecule has 0 radical (unpaired) electrons. The van der Waals surface area contributed by atoms with E-state index in [1.165, 1.54) is 0 Å². The van der Waals surface area contributed by atoms with Crippen molar-refractivity contribution in [2.24, 2.45) is 0 Å². The lowest BCUT2D eigenvalue weighted by molar-refractivity contribution is -0.118. The largest absolute Gasteiger partial charge is 0.378 e. The topological polar surface area (TPSA) is 70.7 Å². The molecule has 1 atom stereocenters. The summed E-state index contributed by atoms with van der Waals surface area (Å²) in [5.41, 5.74) is 2.55. The lowest BCUT2D eigenvalue weighted by Gasteiger charge is -2.23. The summed E-state index contributed by atoms with van der Waals surface area (Å²) in [4.78, 5) is 26.6. The highest BCUT2D eigenvalue weighted by Crippen LogP contribution is 2.16. The van der Waals surface area contributed by atoms with Gasteiger partial charge in [-0.3, -0.25) is 9.59 Å². The lowest BCUT2D eigenvalue weighted by atomic mass is 10.1. The summed E-state index contributed by atoms with van der Waals surface area (Å²) in [5, 5.41) is 6.17. The van der Waals surface area contributed by atoms with Gasteiger partial charge in [-0.05, 0) is 36.8 Å². The molecule has 2 amide bonds. The van der Waals surface area contributed by atoms with E-state index < -0.39 is 0 Å². The number of hydrogen-bond donors (Lipinski definition) is 2. The predicted molar refractivity (Wildman–Crippen MR) is 118 cm³/mol. The van der Waals surface area contributed by atoms with Crippen LogP contribution < -0.4 is 15.5 Å². The zero-order valence-electron chi connectivity index (χ0n) is 16.6. The molecular formula is C22H28ClN3O3. The first kappa shape index (κ1) is 22.9. The van der Waals surface area contributed by atoms with Gasteiger partial charge < -0.3 is 20.3 Å². The van der Waals surface area contributed by atoms with Crippen LogP contribution in [0.3, 0.4) is 0 Å². The molecule has 3 rings (SSSR count). The van der Waals surface area contributed by atoms with E-state index >= 15 is 0 Å². The highest BCUT2D eigenvalue weighted by atomic mass is 35.5. The fraction of sp³-hybridized carbons (Fsp3) is 0.364. The summed E-state index contributed by atoms with van der Waals surface area (Å²) in [6.45, 7) is 4.62. The number of halogens is 1. The molecule has 0 bridgehead atoms. The summed E-state index contributed by atoms with van der Waals surface area (Å²) in [6.07, 6.45) is 0.697. The van der Waals surface area contributed by atoms with Gasteiger partial charge >= 0.3 is 0 Å². The van der Waals surface area contributed by atoms with E-state index in [4.69, 9.17) is 4.74 Å². The van der Waals surface area contributed by atoms with Crippen molar-refractivity contribution in [2.75, 3.05) is 36.5 Å². The number of likely N-dealkylation sites (N-methyl/N-ethyl adjacent to an activating group) is 1. The Bertz CT molecular complexity index is 778. The number of anilines is 2. The third kappa shape index (κ3) is 6.85. The first-order valence-corrected chi connectivity index (χ1v) is 9.71. The number of hydrogen-bond acceptors (Lipinski definition) is 4. The molecule has 2 aromatic carbocycles. The van der Waals surface area contributed by atoms with Crippen molar-refractivity contribution in [2.45, 2.75) is 25.8 Å². The highest BCUT2D eigenvalue weighted by Gasteiger charge is 2.17. The fourth-order valence-corrected chi connectivity index (χ4v) is 3.27. The Morgan fingerprint density at radius 1 is 1.14 bits per heavy atom. The molecule has 1 fully saturated rings. The van der Waals surface area contributed by atoms with E-state index in [1.807, 2.05) is 61.5 Å². The van der Waals surface area contributed by atoms with Crippen molar-refractivity contribution < 1.29 is 14.3 Å². The fourth-order valence-electron chi connectivity index (χ4n) is 3.27. The van der Waals surface area contributed by atoms with Crippen molar-refractivity contribution in [1.29, 1.82) is 0 Å². The Kier molecular flexibility index (Phi) is 9.12. The third-order valence-corrected chi connectivity index (χ3v) is 4.71. The summed E-state index contributed by atoms with van der Waals surface area (Å²) in [6, 6.07) is 17.2. The maximum atomic E-state index is 12.7. The van der Waals surface area contributed by atoms with E-state index in [9.17, 15) is 9.59 Å². The van der Waals surface area contributed by atoms with Crippen LogP contribution in [0.1, 0.15) is 18.9 Å². The molecule has 2 N–H and O–H groups in total. The molecule has 6 nitrogen and oxygen atoms in total. The number of para-hydroxylation sites is 1. The van der Waals surface area contributed by atoms with Gasteiger partial charge in [0.05, 0.1) is 19.6 Å². The van der Waals surface area contributed by atoms with E-state index in [-0.39, 0.29) is 30.3 Å². The van der Waals surface area contributed by atoms with Gasteiger partial charge in [0.15, 0.2) is 0 Å². The van der Waals surface area contributed by atoms with Crippen LogP contribution in [0, 0.1) is 0 Å². The maximum absolute atomic E-state index is 12.7. The molecule has 7 heteroatoms. The number of amides is 2. The first-order chi connectivity index (χ1) is 13.7. The molecule has 0 saturated carbocycles. The lowest BCUT2D eigenvalue weighted by Crippen LogP contribution is -2.43. The number of nitrogens with one attached hydrogen (secondary N) is 2. The molecule has 1 aliphatic heterocycles. The quantitative estimate of drug-likeness (QED) is 0.726. The van der Waals surface area contributed by atoms with Gasteiger partial charge in [0, 0.05) is 36.9 Å². The van der Waals surface area contributed by atoms with E-state index in [0.29, 0.717) is 32.6 Å². The van der Waals surface area contributed by atoms with Gasteiger partial charge in [0.2, 0.25) is 11.8 Å². The number of rotatable bonds is 7. The predicted octanol–water partition coefficient (Wildman–Crippen LogP) is 3.02. The van der Waals surface area contributed by atoms with Crippen molar-refractivity contribution in [3.05, 3.63) is 60.2 Å². The Balaban J connectivity index is 0.00000300. The minimum Gasteiger partial charge on any atom is -0.378 e. The van der Waals surface area contributed by atoms with Crippen LogP contribution in [-0.2, 0) is 20.7 Å². The Labute approximate surface area is 178 Å². The minimum atomic E-state index is -0.0481.